The number of nitrogens with two attached hydrogens (primary N) is 1. The van der Waals surface area contributed by atoms with Crippen LogP contribution in [0.15, 0.2) is 29.5 Å². The van der Waals surface area contributed by atoms with Crippen LogP contribution in [0.5, 0.6) is 0 Å². The van der Waals surface area contributed by atoms with E-state index in [4.69, 9.17) is 10.6 Å². The number of hydrogen-bond acceptors (Lipinski definition) is 4. The van der Waals surface area contributed by atoms with Gasteiger partial charge in [-0.3, -0.25) is 19.6 Å². The van der Waals surface area contributed by atoms with E-state index in [9.17, 15) is 4.79 Å². The van der Waals surface area contributed by atoms with Crippen molar-refractivity contribution in [3.8, 4) is 0 Å². The number of carbonyl (C=O) groups excluding carboxylic acids is 1. The first kappa shape index (κ1) is 17.9. The van der Waals surface area contributed by atoms with Crippen molar-refractivity contribution in [2.45, 2.75) is 32.1 Å². The molecule has 0 atom stereocenters. The molecule has 0 aliphatic heterocycles. The minimum absolute atomic E-state index is 0.00585. The van der Waals surface area contributed by atoms with Crippen LogP contribution in [0.4, 0.5) is 5.69 Å². The Bertz CT molecular complexity index is 464. The highest BCUT2D eigenvalue weighted by Crippen LogP contribution is 2.06. The van der Waals surface area contributed by atoms with Crippen LogP contribution in [-0.2, 0) is 9.63 Å². The van der Waals surface area contributed by atoms with E-state index >= 15 is 0 Å². The summed E-state index contributed by atoms with van der Waals surface area (Å²) >= 11 is 0. The highest BCUT2D eigenvalue weighted by Gasteiger charge is 2.06. The Morgan fingerprint density at radius 1 is 1.32 bits per heavy atom. The van der Waals surface area contributed by atoms with Crippen LogP contribution in [0.25, 0.3) is 0 Å². The molecule has 0 unspecified atom stereocenters. The third kappa shape index (κ3) is 7.58. The van der Waals surface area contributed by atoms with Crippen molar-refractivity contribution in [3.63, 3.8) is 0 Å². The Balaban J connectivity index is 2.07. The van der Waals surface area contributed by atoms with E-state index in [-0.39, 0.29) is 5.91 Å². The number of rotatable bonds is 9. The number of unbranched alkanes of at least 4 members (excludes halogenated alkanes) is 3. The molecule has 7 nitrogen and oxygen atoms in total. The largest absolute Gasteiger partial charge is 0.370 e. The Morgan fingerprint density at radius 2 is 2.00 bits per heavy atom. The van der Waals surface area contributed by atoms with Crippen molar-refractivity contribution in [1.29, 1.82) is 0 Å². The fourth-order valence-corrected chi connectivity index (χ4v) is 1.82. The Labute approximate surface area is 131 Å². The number of hydroxylamine groups is 2. The van der Waals surface area contributed by atoms with Crippen molar-refractivity contribution in [2.75, 3.05) is 26.0 Å². The lowest BCUT2D eigenvalue weighted by Crippen LogP contribution is -2.24. The van der Waals surface area contributed by atoms with Gasteiger partial charge in [-0.2, -0.15) is 0 Å². The van der Waals surface area contributed by atoms with Gasteiger partial charge >= 0.3 is 0 Å². The summed E-state index contributed by atoms with van der Waals surface area (Å²) in [6.45, 7) is 0.676. The molecule has 1 aromatic rings. The molecule has 0 radical (unpaired) electrons. The molecule has 22 heavy (non-hydrogen) atoms. The number of guanidine groups is 1. The quantitative estimate of drug-likeness (QED) is 0.314. The molecule has 1 aromatic heterocycles. The van der Waals surface area contributed by atoms with Crippen molar-refractivity contribution < 1.29 is 9.63 Å². The van der Waals surface area contributed by atoms with E-state index in [2.05, 4.69) is 15.3 Å². The predicted molar refractivity (Wildman–Crippen MR) is 87.2 cm³/mol. The molecular weight excluding hydrogens is 282 g/mol. The van der Waals surface area contributed by atoms with Crippen LogP contribution in [0, 0.1) is 0 Å². The average molecular weight is 307 g/mol. The summed E-state index contributed by atoms with van der Waals surface area (Å²) in [6, 6.07) is 3.66. The average Bonchev–Trinajstić information content (AvgIpc) is 2.53. The van der Waals surface area contributed by atoms with Gasteiger partial charge < -0.3 is 11.1 Å². The van der Waals surface area contributed by atoms with Crippen molar-refractivity contribution in [1.82, 2.24) is 10.0 Å². The number of hydrogen-bond donors (Lipinski definition) is 2. The lowest BCUT2D eigenvalue weighted by atomic mass is 10.1. The molecule has 7 heteroatoms. The smallest absolute Gasteiger partial charge is 0.245 e. The first-order chi connectivity index (χ1) is 10.6. The molecule has 1 heterocycles. The summed E-state index contributed by atoms with van der Waals surface area (Å²) in [5, 5.41) is 4.26. The highest BCUT2D eigenvalue weighted by atomic mass is 16.7. The first-order valence-corrected chi connectivity index (χ1v) is 7.41. The zero-order chi connectivity index (χ0) is 16.2. The number of carbonyl (C=O) groups is 1. The van der Waals surface area contributed by atoms with E-state index in [1.165, 1.54) is 12.2 Å². The SMILES string of the molecule is CON(C)C(=O)CCCCCCN=C(N)Nc1ccncc1. The molecule has 3 N–H and O–H groups in total. The Kier molecular flexibility index (Phi) is 8.59. The van der Waals surface area contributed by atoms with Crippen LogP contribution < -0.4 is 11.1 Å². The molecule has 122 valence electrons. The van der Waals surface area contributed by atoms with E-state index in [0.29, 0.717) is 18.9 Å². The monoisotopic (exact) mass is 307 g/mol. The maximum atomic E-state index is 11.5. The topological polar surface area (TPSA) is 92.8 Å². The van der Waals surface area contributed by atoms with E-state index in [1.807, 2.05) is 12.1 Å². The number of nitrogens with one attached hydrogen (secondary N) is 1. The molecule has 0 aliphatic carbocycles. The lowest BCUT2D eigenvalue weighted by Gasteiger charge is -2.12. The van der Waals surface area contributed by atoms with Gasteiger partial charge in [-0.05, 0) is 25.0 Å². The molecule has 0 spiro atoms. The van der Waals surface area contributed by atoms with Gasteiger partial charge in [-0.15, -0.1) is 0 Å². The van der Waals surface area contributed by atoms with Gasteiger partial charge in [0.05, 0.1) is 7.11 Å². The third-order valence-corrected chi connectivity index (χ3v) is 3.16. The zero-order valence-electron chi connectivity index (χ0n) is 13.3. The van der Waals surface area contributed by atoms with Crippen LogP contribution in [0.1, 0.15) is 32.1 Å². The fraction of sp³-hybridized carbons (Fsp3) is 0.533. The Morgan fingerprint density at radius 3 is 2.68 bits per heavy atom. The van der Waals surface area contributed by atoms with Crippen molar-refractivity contribution in [2.24, 2.45) is 10.7 Å². The summed E-state index contributed by atoms with van der Waals surface area (Å²) < 4.78 is 0. The zero-order valence-corrected chi connectivity index (χ0v) is 13.3. The van der Waals surface area contributed by atoms with E-state index < -0.39 is 0 Å². The summed E-state index contributed by atoms with van der Waals surface area (Å²) in [4.78, 5) is 24.5. The van der Waals surface area contributed by atoms with Crippen molar-refractivity contribution >= 4 is 17.6 Å². The molecule has 1 amide bonds. The number of nitrogens with zero attached hydrogens (tertiary/aromatic N) is 3. The van der Waals surface area contributed by atoms with Gasteiger partial charge in [0.15, 0.2) is 5.96 Å². The minimum atomic E-state index is 0.00585. The first-order valence-electron chi connectivity index (χ1n) is 7.41. The predicted octanol–water partition coefficient (Wildman–Crippen LogP) is 1.78. The molecule has 0 aromatic carbocycles. The van der Waals surface area contributed by atoms with Crippen LogP contribution in [0.3, 0.4) is 0 Å². The molecule has 0 aliphatic rings. The number of anilines is 1. The Hall–Kier alpha value is -2.15. The fourth-order valence-electron chi connectivity index (χ4n) is 1.82. The minimum Gasteiger partial charge on any atom is -0.370 e. The maximum absolute atomic E-state index is 11.5. The number of pyridine rings is 1. The molecule has 0 saturated carbocycles. The van der Waals surface area contributed by atoms with Crippen LogP contribution in [-0.4, -0.2) is 42.6 Å². The van der Waals surface area contributed by atoms with Gasteiger partial charge in [-0.25, -0.2) is 5.06 Å². The van der Waals surface area contributed by atoms with Crippen LogP contribution >= 0.6 is 0 Å². The number of aromatic nitrogens is 1. The van der Waals surface area contributed by atoms with Crippen molar-refractivity contribution in [3.05, 3.63) is 24.5 Å². The van der Waals surface area contributed by atoms with E-state index in [0.717, 1.165) is 31.4 Å². The van der Waals surface area contributed by atoms with Gasteiger partial charge in [0.1, 0.15) is 0 Å². The van der Waals surface area contributed by atoms with E-state index in [1.54, 1.807) is 19.4 Å². The number of aliphatic imine (C=N–C) groups is 1. The van der Waals surface area contributed by atoms with Gasteiger partial charge in [-0.1, -0.05) is 12.8 Å². The second-order valence-electron chi connectivity index (χ2n) is 4.87. The molecule has 0 saturated heterocycles. The summed E-state index contributed by atoms with van der Waals surface area (Å²) in [5.74, 6) is 0.411. The van der Waals surface area contributed by atoms with Crippen LogP contribution in [0.2, 0.25) is 0 Å². The second-order valence-corrected chi connectivity index (χ2v) is 4.87. The lowest BCUT2D eigenvalue weighted by molar-refractivity contribution is -0.168. The molecular formula is C15H25N5O2. The highest BCUT2D eigenvalue weighted by molar-refractivity contribution is 5.92. The molecule has 0 bridgehead atoms. The second kappa shape index (κ2) is 10.6. The normalized spacial score (nSPS) is 11.3. The van der Waals surface area contributed by atoms with Gasteiger partial charge in [0, 0.05) is 38.1 Å². The summed E-state index contributed by atoms with van der Waals surface area (Å²) in [7, 11) is 3.11. The summed E-state index contributed by atoms with van der Waals surface area (Å²) in [5.41, 5.74) is 6.66. The standard InChI is InChI=1S/C15H25N5O2/c1-20(22-2)14(21)7-5-3-4-6-10-18-15(16)19-13-8-11-17-12-9-13/h8-9,11-12H,3-7,10H2,1-2H3,(H3,16,17,18,19). The number of amides is 1. The summed E-state index contributed by atoms with van der Waals surface area (Å²) in [6.07, 6.45) is 7.73. The van der Waals surface area contributed by atoms with Gasteiger partial charge in [0.25, 0.3) is 0 Å². The third-order valence-electron chi connectivity index (χ3n) is 3.16. The molecule has 1 rings (SSSR count). The van der Waals surface area contributed by atoms with Gasteiger partial charge in [0.2, 0.25) is 5.91 Å². The maximum Gasteiger partial charge on any atom is 0.245 e. The molecule has 0 fully saturated rings.